The summed E-state index contributed by atoms with van der Waals surface area (Å²) in [5.41, 5.74) is 4.45. The number of hydrogen-bond donors (Lipinski definition) is 1. The molecular weight excluding hydrogens is 280 g/mol. The molecule has 0 unspecified atom stereocenters. The Balaban J connectivity index is 1.60. The summed E-state index contributed by atoms with van der Waals surface area (Å²) >= 11 is 1.63. The highest BCUT2D eigenvalue weighted by Gasteiger charge is 2.05. The van der Waals surface area contributed by atoms with Crippen LogP contribution in [0.3, 0.4) is 0 Å². The molecule has 0 aliphatic heterocycles. The Morgan fingerprint density at radius 2 is 2.10 bits per heavy atom. The van der Waals surface area contributed by atoms with Gasteiger partial charge in [-0.3, -0.25) is 9.97 Å². The van der Waals surface area contributed by atoms with Crippen molar-refractivity contribution < 1.29 is 0 Å². The van der Waals surface area contributed by atoms with Crippen LogP contribution in [0, 0.1) is 6.92 Å². The molecule has 3 heterocycles. The number of pyridine rings is 2. The van der Waals surface area contributed by atoms with Gasteiger partial charge in [0.25, 0.3) is 0 Å². The van der Waals surface area contributed by atoms with Gasteiger partial charge in [-0.05, 0) is 36.2 Å². The monoisotopic (exact) mass is 296 g/mol. The van der Waals surface area contributed by atoms with E-state index >= 15 is 0 Å². The first kappa shape index (κ1) is 13.9. The number of aromatic nitrogens is 3. The molecule has 1 N–H and O–H groups in total. The summed E-state index contributed by atoms with van der Waals surface area (Å²) in [5, 5.41) is 6.45. The number of aryl methyl sites for hydroxylation is 1. The van der Waals surface area contributed by atoms with E-state index in [0.717, 1.165) is 29.5 Å². The van der Waals surface area contributed by atoms with Crippen molar-refractivity contribution in [3.8, 4) is 10.7 Å². The van der Waals surface area contributed by atoms with Gasteiger partial charge in [-0.2, -0.15) is 0 Å². The Morgan fingerprint density at radius 3 is 2.90 bits per heavy atom. The molecule has 0 radical (unpaired) electrons. The van der Waals surface area contributed by atoms with Crippen molar-refractivity contribution in [3.05, 3.63) is 65.1 Å². The molecule has 0 aliphatic carbocycles. The topological polar surface area (TPSA) is 50.7 Å². The summed E-state index contributed by atoms with van der Waals surface area (Å²) in [6.45, 7) is 3.65. The zero-order valence-corrected chi connectivity index (χ0v) is 12.6. The standard InChI is InChI=1S/C16H16N4S/c1-12-5-7-17-8-13(12)9-18-10-14-11-21-16(20-14)15-4-2-3-6-19-15/h2-8,11,18H,9-10H2,1H3. The van der Waals surface area contributed by atoms with Gasteiger partial charge in [-0.1, -0.05) is 6.07 Å². The third-order valence-corrected chi connectivity index (χ3v) is 4.12. The van der Waals surface area contributed by atoms with Crippen LogP contribution in [-0.2, 0) is 13.1 Å². The minimum atomic E-state index is 0.748. The molecule has 4 nitrogen and oxygen atoms in total. The highest BCUT2D eigenvalue weighted by Crippen LogP contribution is 2.21. The van der Waals surface area contributed by atoms with E-state index in [-0.39, 0.29) is 0 Å². The summed E-state index contributed by atoms with van der Waals surface area (Å²) in [4.78, 5) is 13.1. The second-order valence-corrected chi connectivity index (χ2v) is 5.62. The third-order valence-electron chi connectivity index (χ3n) is 3.20. The smallest absolute Gasteiger partial charge is 0.142 e. The first-order valence-corrected chi connectivity index (χ1v) is 7.67. The van der Waals surface area contributed by atoms with Crippen LogP contribution in [0.25, 0.3) is 10.7 Å². The van der Waals surface area contributed by atoms with Crippen LogP contribution in [0.2, 0.25) is 0 Å². The van der Waals surface area contributed by atoms with E-state index in [2.05, 4.69) is 32.6 Å². The minimum Gasteiger partial charge on any atom is -0.307 e. The highest BCUT2D eigenvalue weighted by molar-refractivity contribution is 7.13. The fourth-order valence-corrected chi connectivity index (χ4v) is 2.80. The second kappa shape index (κ2) is 6.56. The molecule has 3 rings (SSSR count). The van der Waals surface area contributed by atoms with Gasteiger partial charge in [0.1, 0.15) is 5.01 Å². The van der Waals surface area contributed by atoms with Crippen LogP contribution in [0.15, 0.2) is 48.2 Å². The maximum atomic E-state index is 4.61. The van der Waals surface area contributed by atoms with Crippen LogP contribution in [-0.4, -0.2) is 15.0 Å². The molecule has 5 heteroatoms. The van der Waals surface area contributed by atoms with Crippen LogP contribution in [0.1, 0.15) is 16.8 Å². The summed E-state index contributed by atoms with van der Waals surface area (Å²) in [7, 11) is 0. The normalized spacial score (nSPS) is 10.7. The van der Waals surface area contributed by atoms with Crippen molar-refractivity contribution in [2.45, 2.75) is 20.0 Å². The highest BCUT2D eigenvalue weighted by atomic mass is 32.1. The van der Waals surface area contributed by atoms with Crippen LogP contribution in [0.4, 0.5) is 0 Å². The van der Waals surface area contributed by atoms with Crippen molar-refractivity contribution in [1.29, 1.82) is 0 Å². The second-order valence-electron chi connectivity index (χ2n) is 4.76. The van der Waals surface area contributed by atoms with E-state index in [9.17, 15) is 0 Å². The van der Waals surface area contributed by atoms with Crippen molar-refractivity contribution in [1.82, 2.24) is 20.3 Å². The Morgan fingerprint density at radius 1 is 1.14 bits per heavy atom. The van der Waals surface area contributed by atoms with Gasteiger partial charge >= 0.3 is 0 Å². The zero-order chi connectivity index (χ0) is 14.5. The lowest BCUT2D eigenvalue weighted by atomic mass is 10.1. The van der Waals surface area contributed by atoms with Gasteiger partial charge < -0.3 is 5.32 Å². The lowest BCUT2D eigenvalue weighted by Crippen LogP contribution is -2.13. The van der Waals surface area contributed by atoms with E-state index in [4.69, 9.17) is 0 Å². The quantitative estimate of drug-likeness (QED) is 0.785. The van der Waals surface area contributed by atoms with Gasteiger partial charge in [-0.15, -0.1) is 11.3 Å². The Kier molecular flexibility index (Phi) is 4.33. The zero-order valence-electron chi connectivity index (χ0n) is 11.8. The molecule has 106 valence electrons. The van der Waals surface area contributed by atoms with Gasteiger partial charge in [0.05, 0.1) is 11.4 Å². The van der Waals surface area contributed by atoms with E-state index < -0.39 is 0 Å². The molecule has 0 saturated heterocycles. The van der Waals surface area contributed by atoms with Crippen molar-refractivity contribution in [2.24, 2.45) is 0 Å². The first-order valence-electron chi connectivity index (χ1n) is 6.79. The molecule has 0 bridgehead atoms. The molecule has 0 atom stereocenters. The van der Waals surface area contributed by atoms with Crippen molar-refractivity contribution in [2.75, 3.05) is 0 Å². The number of nitrogens with zero attached hydrogens (tertiary/aromatic N) is 3. The van der Waals surface area contributed by atoms with Gasteiger partial charge in [0.15, 0.2) is 0 Å². The average Bonchev–Trinajstić information content (AvgIpc) is 2.99. The Labute approximate surface area is 127 Å². The fourth-order valence-electron chi connectivity index (χ4n) is 2.00. The van der Waals surface area contributed by atoms with E-state index in [1.54, 1.807) is 17.5 Å². The van der Waals surface area contributed by atoms with Crippen molar-refractivity contribution in [3.63, 3.8) is 0 Å². The molecule has 0 amide bonds. The lowest BCUT2D eigenvalue weighted by molar-refractivity contribution is 0.678. The molecule has 0 aliphatic rings. The summed E-state index contributed by atoms with van der Waals surface area (Å²) < 4.78 is 0. The molecule has 0 spiro atoms. The number of rotatable bonds is 5. The predicted molar refractivity (Wildman–Crippen MR) is 84.9 cm³/mol. The molecule has 3 aromatic rings. The molecule has 0 aromatic carbocycles. The SMILES string of the molecule is Cc1ccncc1CNCc1csc(-c2ccccn2)n1. The minimum absolute atomic E-state index is 0.748. The molecule has 3 aromatic heterocycles. The van der Waals surface area contributed by atoms with Gasteiger partial charge in [0, 0.05) is 37.1 Å². The maximum absolute atomic E-state index is 4.61. The molecule has 21 heavy (non-hydrogen) atoms. The molecule has 0 saturated carbocycles. The van der Waals surface area contributed by atoms with Crippen molar-refractivity contribution >= 4 is 11.3 Å². The fraction of sp³-hybridized carbons (Fsp3) is 0.188. The predicted octanol–water partition coefficient (Wildman–Crippen LogP) is 3.20. The first-order chi connectivity index (χ1) is 10.3. The van der Waals surface area contributed by atoms with Gasteiger partial charge in [0.2, 0.25) is 0 Å². The van der Waals surface area contributed by atoms with Gasteiger partial charge in [-0.25, -0.2) is 4.98 Å². The average molecular weight is 296 g/mol. The van der Waals surface area contributed by atoms with Crippen LogP contribution < -0.4 is 5.32 Å². The third kappa shape index (κ3) is 3.51. The number of thiazole rings is 1. The number of hydrogen-bond acceptors (Lipinski definition) is 5. The Hall–Kier alpha value is -2.11. The molecule has 0 fully saturated rings. The van der Waals surface area contributed by atoms with E-state index in [0.29, 0.717) is 0 Å². The summed E-state index contributed by atoms with van der Waals surface area (Å²) in [5.74, 6) is 0. The van der Waals surface area contributed by atoms with E-state index in [1.807, 2.05) is 36.7 Å². The lowest BCUT2D eigenvalue weighted by Gasteiger charge is -2.05. The number of nitrogens with one attached hydrogen (secondary N) is 1. The largest absolute Gasteiger partial charge is 0.307 e. The van der Waals surface area contributed by atoms with Crippen LogP contribution in [0.5, 0.6) is 0 Å². The van der Waals surface area contributed by atoms with E-state index in [1.165, 1.54) is 11.1 Å². The summed E-state index contributed by atoms with van der Waals surface area (Å²) in [6.07, 6.45) is 5.51. The maximum Gasteiger partial charge on any atom is 0.142 e. The Bertz CT molecular complexity index is 709. The molecular formula is C16H16N4S. The van der Waals surface area contributed by atoms with Crippen LogP contribution >= 0.6 is 11.3 Å². The summed E-state index contributed by atoms with van der Waals surface area (Å²) in [6, 6.07) is 7.90.